The molecule has 1 nitrogen and oxygen atoms in total. The van der Waals surface area contributed by atoms with Gasteiger partial charge in [-0.15, -0.1) is 0 Å². The number of aryl methyl sites for hydroxylation is 2. The molecule has 0 aliphatic carbocycles. The van der Waals surface area contributed by atoms with Crippen molar-refractivity contribution in [2.45, 2.75) is 60.3 Å². The third kappa shape index (κ3) is 9.41. The second-order valence-electron chi connectivity index (χ2n) is 8.05. The molecule has 0 heterocycles. The Morgan fingerprint density at radius 1 is 0.607 bits per heavy atom. The third-order valence-corrected chi connectivity index (χ3v) is 3.92. The molecule has 0 saturated heterocycles. The van der Waals surface area contributed by atoms with E-state index in [2.05, 4.69) is 72.7 Å². The van der Waals surface area contributed by atoms with Crippen LogP contribution in [0.25, 0.3) is 0 Å². The van der Waals surface area contributed by atoms with Crippen LogP contribution in [-0.2, 0) is 5.41 Å². The standard InChI is InChI=1S/C13H12O.C11H16.C3H8/c1-11-7-9-13(10-8-11)14-12-5-3-2-4-6-12;1-9-5-7-10(8-6-9)11(2,3)4;1-3-2/h2-10H,1H3;5-8H,1-4H3;3H2,1-2H3. The minimum absolute atomic E-state index is 0.285. The zero-order valence-electron chi connectivity index (χ0n) is 18.6. The zero-order valence-corrected chi connectivity index (χ0v) is 18.6. The molecule has 0 radical (unpaired) electrons. The lowest BCUT2D eigenvalue weighted by Crippen LogP contribution is -2.10. The molecule has 0 aliphatic heterocycles. The molecule has 0 amide bonds. The number of hydrogen-bond donors (Lipinski definition) is 0. The van der Waals surface area contributed by atoms with E-state index in [4.69, 9.17) is 4.74 Å². The first-order valence-electron chi connectivity index (χ1n) is 10.1. The van der Waals surface area contributed by atoms with E-state index in [9.17, 15) is 0 Å². The number of hydrogen-bond acceptors (Lipinski definition) is 1. The van der Waals surface area contributed by atoms with Crippen LogP contribution in [0, 0.1) is 13.8 Å². The normalized spacial score (nSPS) is 10.1. The molecule has 1 heteroatoms. The first-order chi connectivity index (χ1) is 13.3. The van der Waals surface area contributed by atoms with Crippen LogP contribution in [0.4, 0.5) is 0 Å². The summed E-state index contributed by atoms with van der Waals surface area (Å²) in [6.07, 6.45) is 1.25. The van der Waals surface area contributed by atoms with E-state index >= 15 is 0 Å². The summed E-state index contributed by atoms with van der Waals surface area (Å²) in [6.45, 7) is 15.1. The van der Waals surface area contributed by atoms with Crippen LogP contribution in [-0.4, -0.2) is 0 Å². The summed E-state index contributed by atoms with van der Waals surface area (Å²) < 4.78 is 5.63. The van der Waals surface area contributed by atoms with Gasteiger partial charge in [0.15, 0.2) is 0 Å². The molecule has 3 rings (SSSR count). The minimum Gasteiger partial charge on any atom is -0.457 e. The van der Waals surface area contributed by atoms with Crippen molar-refractivity contribution >= 4 is 0 Å². The van der Waals surface area contributed by atoms with Gasteiger partial charge in [-0.3, -0.25) is 0 Å². The molecule has 28 heavy (non-hydrogen) atoms. The van der Waals surface area contributed by atoms with Crippen molar-refractivity contribution in [3.8, 4) is 11.5 Å². The highest BCUT2D eigenvalue weighted by Crippen LogP contribution is 2.22. The first kappa shape index (κ1) is 23.5. The van der Waals surface area contributed by atoms with Gasteiger partial charge in [-0.1, -0.05) is 107 Å². The van der Waals surface area contributed by atoms with Gasteiger partial charge in [0.25, 0.3) is 0 Å². The summed E-state index contributed by atoms with van der Waals surface area (Å²) in [7, 11) is 0. The van der Waals surface area contributed by atoms with Crippen LogP contribution < -0.4 is 4.74 Å². The lowest BCUT2D eigenvalue weighted by atomic mass is 9.87. The van der Waals surface area contributed by atoms with E-state index in [0.29, 0.717) is 0 Å². The molecule has 0 fully saturated rings. The van der Waals surface area contributed by atoms with Gasteiger partial charge in [0.1, 0.15) is 11.5 Å². The molecule has 0 unspecified atom stereocenters. The maximum Gasteiger partial charge on any atom is 0.127 e. The fraction of sp³-hybridized carbons (Fsp3) is 0.333. The second kappa shape index (κ2) is 12.0. The van der Waals surface area contributed by atoms with Crippen LogP contribution in [0.1, 0.15) is 57.7 Å². The predicted molar refractivity (Wildman–Crippen MR) is 124 cm³/mol. The van der Waals surface area contributed by atoms with Gasteiger partial charge in [-0.2, -0.15) is 0 Å². The fourth-order valence-corrected chi connectivity index (χ4v) is 2.28. The molecule has 0 bridgehead atoms. The highest BCUT2D eigenvalue weighted by molar-refractivity contribution is 5.32. The topological polar surface area (TPSA) is 9.23 Å². The van der Waals surface area contributed by atoms with Crippen LogP contribution in [0.5, 0.6) is 11.5 Å². The first-order valence-corrected chi connectivity index (χ1v) is 10.1. The molecule has 0 N–H and O–H groups in total. The minimum atomic E-state index is 0.285. The third-order valence-electron chi connectivity index (χ3n) is 3.92. The van der Waals surface area contributed by atoms with E-state index in [1.54, 1.807) is 0 Å². The van der Waals surface area contributed by atoms with Gasteiger partial charge in [-0.25, -0.2) is 0 Å². The summed E-state index contributed by atoms with van der Waals surface area (Å²) in [6, 6.07) is 26.6. The monoisotopic (exact) mass is 376 g/mol. The molecule has 0 aromatic heterocycles. The van der Waals surface area contributed by atoms with Crippen LogP contribution in [0.15, 0.2) is 78.9 Å². The second-order valence-corrected chi connectivity index (χ2v) is 8.05. The Morgan fingerprint density at radius 2 is 1.00 bits per heavy atom. The number of para-hydroxylation sites is 1. The number of benzene rings is 3. The SMILES string of the molecule is CCC.Cc1ccc(C(C)(C)C)cc1.Cc1ccc(Oc2ccccc2)cc1. The van der Waals surface area contributed by atoms with Crippen LogP contribution in [0.3, 0.4) is 0 Å². The summed E-state index contributed by atoms with van der Waals surface area (Å²) in [5.74, 6) is 1.75. The summed E-state index contributed by atoms with van der Waals surface area (Å²) in [5.41, 5.74) is 4.26. The molecule has 150 valence electrons. The predicted octanol–water partition coefficient (Wildman–Crippen LogP) is 8.50. The van der Waals surface area contributed by atoms with E-state index < -0.39 is 0 Å². The maximum atomic E-state index is 5.63. The van der Waals surface area contributed by atoms with Crippen molar-refractivity contribution in [1.82, 2.24) is 0 Å². The lowest BCUT2D eigenvalue weighted by molar-refractivity contribution is 0.482. The maximum absolute atomic E-state index is 5.63. The Bertz CT molecular complexity index is 763. The van der Waals surface area contributed by atoms with Crippen molar-refractivity contribution in [1.29, 1.82) is 0 Å². The van der Waals surface area contributed by atoms with Crippen LogP contribution in [0.2, 0.25) is 0 Å². The molecule has 0 aliphatic rings. The van der Waals surface area contributed by atoms with Gasteiger partial charge in [0.2, 0.25) is 0 Å². The van der Waals surface area contributed by atoms with Gasteiger partial charge in [0.05, 0.1) is 0 Å². The van der Waals surface area contributed by atoms with Crippen molar-refractivity contribution in [3.63, 3.8) is 0 Å². The molecule has 0 spiro atoms. The summed E-state index contributed by atoms with van der Waals surface area (Å²) in [5, 5.41) is 0. The van der Waals surface area contributed by atoms with Crippen molar-refractivity contribution in [2.24, 2.45) is 0 Å². The van der Waals surface area contributed by atoms with E-state index in [0.717, 1.165) is 11.5 Å². The molecule has 0 atom stereocenters. The van der Waals surface area contributed by atoms with Crippen molar-refractivity contribution in [2.75, 3.05) is 0 Å². The Hall–Kier alpha value is -2.54. The molecular formula is C27H36O. The van der Waals surface area contributed by atoms with Gasteiger partial charge in [0, 0.05) is 0 Å². The Kier molecular flexibility index (Phi) is 10.1. The lowest BCUT2D eigenvalue weighted by Gasteiger charge is -2.18. The van der Waals surface area contributed by atoms with E-state index in [1.807, 2.05) is 54.6 Å². The van der Waals surface area contributed by atoms with E-state index in [-0.39, 0.29) is 5.41 Å². The molecule has 3 aromatic rings. The highest BCUT2D eigenvalue weighted by atomic mass is 16.5. The Morgan fingerprint density at radius 3 is 1.43 bits per heavy atom. The number of ether oxygens (including phenoxy) is 1. The fourth-order valence-electron chi connectivity index (χ4n) is 2.28. The average molecular weight is 377 g/mol. The smallest absolute Gasteiger partial charge is 0.127 e. The number of rotatable bonds is 2. The van der Waals surface area contributed by atoms with Crippen molar-refractivity contribution in [3.05, 3.63) is 95.6 Å². The Labute approximate surface area is 172 Å². The quantitative estimate of drug-likeness (QED) is 0.435. The summed E-state index contributed by atoms with van der Waals surface area (Å²) >= 11 is 0. The zero-order chi connectivity index (χ0) is 21.0. The molecule has 0 saturated carbocycles. The average Bonchev–Trinajstić information content (AvgIpc) is 2.65. The highest BCUT2D eigenvalue weighted by Gasteiger charge is 2.11. The van der Waals surface area contributed by atoms with Gasteiger partial charge < -0.3 is 4.74 Å². The van der Waals surface area contributed by atoms with Crippen molar-refractivity contribution < 1.29 is 4.74 Å². The van der Waals surface area contributed by atoms with Crippen LogP contribution >= 0.6 is 0 Å². The summed E-state index contributed by atoms with van der Waals surface area (Å²) in [4.78, 5) is 0. The van der Waals surface area contributed by atoms with Gasteiger partial charge >= 0.3 is 0 Å². The molecular weight excluding hydrogens is 340 g/mol. The molecule has 3 aromatic carbocycles. The van der Waals surface area contributed by atoms with Gasteiger partial charge in [-0.05, 0) is 49.1 Å². The van der Waals surface area contributed by atoms with E-state index in [1.165, 1.54) is 23.1 Å². The largest absolute Gasteiger partial charge is 0.457 e. The Balaban J connectivity index is 0.000000252.